The van der Waals surface area contributed by atoms with Crippen molar-refractivity contribution in [1.82, 2.24) is 4.57 Å². The van der Waals surface area contributed by atoms with Gasteiger partial charge >= 0.3 is 0 Å². The van der Waals surface area contributed by atoms with E-state index in [2.05, 4.69) is 386 Å². The average Bonchev–Trinajstić information content (AvgIpc) is 1.70. The molecule has 3 aliphatic rings. The van der Waals surface area contributed by atoms with Crippen LogP contribution in [0.4, 0.5) is 51.2 Å². The van der Waals surface area contributed by atoms with Gasteiger partial charge < -0.3 is 19.3 Å². The first-order chi connectivity index (χ1) is 59.7. The molecule has 4 nitrogen and oxygen atoms in total. The van der Waals surface area contributed by atoms with E-state index in [4.69, 9.17) is 0 Å². The molecule has 0 unspecified atom stereocenters. The molecule has 596 valence electrons. The molecular formula is C117H108N4. The maximum Gasteiger partial charge on any atom is 0.0547 e. The highest BCUT2D eigenvalue weighted by Gasteiger charge is 2.43. The topological polar surface area (TPSA) is 14.7 Å². The highest BCUT2D eigenvalue weighted by atomic mass is 15.2. The fourth-order valence-electron chi connectivity index (χ4n) is 20.6. The Labute approximate surface area is 716 Å². The molecule has 17 aromatic rings. The quantitative estimate of drug-likeness (QED) is 0.0403. The summed E-state index contributed by atoms with van der Waals surface area (Å²) in [5, 5.41) is 7.98. The lowest BCUT2D eigenvalue weighted by atomic mass is 9.70. The van der Waals surface area contributed by atoms with Crippen LogP contribution in [-0.4, -0.2) is 4.57 Å². The first-order valence-electron chi connectivity index (χ1n) is 45.2. The maximum absolute atomic E-state index is 2.63. The SMILES string of the molecule is CCCCCCc1ccc(-n2c3ccccc3c3ccc(-c4ccc(N(c5ccc(C)cc5)c5ccc(-c6ccc7c(c6)C(CCCCCCc6ccc(N(c8ccccc8)c8cc9c(c%10ccccc8%10)CC9)cc6)(CCCCCCc6ccc(N(c8ccccc8)c8cc9c(c%10ccccc8%10)CC9)cc6)c6cc(C)ccc6-7)cc5)cc4)cc32)cc1. The number of para-hydroxylation sites is 3. The summed E-state index contributed by atoms with van der Waals surface area (Å²) in [5.74, 6) is 0. The van der Waals surface area contributed by atoms with Gasteiger partial charge in [0.25, 0.3) is 0 Å². The van der Waals surface area contributed by atoms with Gasteiger partial charge in [-0.2, -0.15) is 0 Å². The summed E-state index contributed by atoms with van der Waals surface area (Å²) in [7, 11) is 0. The highest BCUT2D eigenvalue weighted by Crippen LogP contribution is 2.56. The maximum atomic E-state index is 2.63. The second kappa shape index (κ2) is 34.2. The molecule has 0 N–H and O–H groups in total. The van der Waals surface area contributed by atoms with Gasteiger partial charge in [-0.25, -0.2) is 0 Å². The van der Waals surface area contributed by atoms with Crippen molar-refractivity contribution >= 4 is 94.5 Å². The molecule has 3 aliphatic carbocycles. The van der Waals surface area contributed by atoms with Gasteiger partial charge in [-0.3, -0.25) is 0 Å². The van der Waals surface area contributed by atoms with Crippen LogP contribution in [0.15, 0.2) is 346 Å². The molecule has 4 heteroatoms. The molecule has 0 spiro atoms. The largest absolute Gasteiger partial charge is 0.311 e. The Morgan fingerprint density at radius 2 is 0.653 bits per heavy atom. The van der Waals surface area contributed by atoms with Gasteiger partial charge in [0.15, 0.2) is 0 Å². The van der Waals surface area contributed by atoms with Crippen LogP contribution in [0.25, 0.3) is 82.4 Å². The Balaban J connectivity index is 0.563. The number of anilines is 9. The standard InChI is InChI=1S/C117H108N4/c1-4-5-6-13-28-84-48-64-100(65-49-84)121-113-40-25-24-39-109(113)110-74-55-90(79-116(110)121)88-52-68-97(69-53-88)118(95-58-41-82(2)42-59-95)96-66-50-87(51-67-96)89-54-73-106-105-70-43-83(3)77-111(105)117(112(106)78-89,75-26-9-7-14-29-85-44-60-98(61-45-85)119(93-31-16-11-17-32-93)114-80-91-56-71-101(91)103-35-20-22-37-107(103)114)76-27-10-8-15-30-86-46-62-99(63-47-86)120(94-33-18-12-19-34-94)115-81-92-57-72-102(92)104-36-21-23-38-108(104)115/h11-12,16-25,31-55,58-70,73-74,77-81H,4-10,13-15,26-30,56-57,71-72,75-76H2,1-3H3. The third kappa shape index (κ3) is 15.2. The summed E-state index contributed by atoms with van der Waals surface area (Å²) < 4.78 is 2.46. The number of aryl methyl sites for hydroxylation is 9. The fraction of sp³-hybridized carbons (Fsp3) is 0.214. The monoisotopic (exact) mass is 1570 g/mol. The summed E-state index contributed by atoms with van der Waals surface area (Å²) in [4.78, 5) is 7.39. The molecular weight excluding hydrogens is 1460 g/mol. The summed E-state index contributed by atoms with van der Waals surface area (Å²) in [6.07, 6.45) is 24.8. The van der Waals surface area contributed by atoms with Crippen LogP contribution < -0.4 is 14.7 Å². The second-order valence-electron chi connectivity index (χ2n) is 34.9. The van der Waals surface area contributed by atoms with Crippen molar-refractivity contribution in [1.29, 1.82) is 0 Å². The Hall–Kier alpha value is -12.8. The van der Waals surface area contributed by atoms with Gasteiger partial charge in [-0.15, -0.1) is 0 Å². The fourth-order valence-corrected chi connectivity index (χ4v) is 20.6. The zero-order chi connectivity index (χ0) is 81.2. The van der Waals surface area contributed by atoms with Gasteiger partial charge in [0.1, 0.15) is 0 Å². The molecule has 121 heavy (non-hydrogen) atoms. The summed E-state index contributed by atoms with van der Waals surface area (Å²) in [6.45, 7) is 6.78. The third-order valence-electron chi connectivity index (χ3n) is 27.2. The molecule has 1 aromatic heterocycles. The van der Waals surface area contributed by atoms with E-state index in [9.17, 15) is 0 Å². The van der Waals surface area contributed by atoms with Crippen molar-refractivity contribution in [2.45, 2.75) is 161 Å². The minimum absolute atomic E-state index is 0.110. The normalized spacial score (nSPS) is 12.9. The van der Waals surface area contributed by atoms with Crippen LogP contribution in [0.1, 0.15) is 158 Å². The average molecular weight is 1570 g/mol. The van der Waals surface area contributed by atoms with E-state index in [1.165, 1.54) is 255 Å². The second-order valence-corrected chi connectivity index (χ2v) is 34.9. The van der Waals surface area contributed by atoms with Crippen LogP contribution in [0.5, 0.6) is 0 Å². The number of unbranched alkanes of at least 4 members (excludes halogenated alkanes) is 9. The van der Waals surface area contributed by atoms with Crippen LogP contribution in [0, 0.1) is 13.8 Å². The number of rotatable bonds is 31. The van der Waals surface area contributed by atoms with Crippen molar-refractivity contribution in [2.24, 2.45) is 0 Å². The van der Waals surface area contributed by atoms with Gasteiger partial charge in [-0.05, 0) is 313 Å². The number of hydrogen-bond donors (Lipinski definition) is 0. The van der Waals surface area contributed by atoms with Crippen LogP contribution in [-0.2, 0) is 50.4 Å². The molecule has 0 atom stereocenters. The summed E-state index contributed by atoms with van der Waals surface area (Å²) >= 11 is 0. The van der Waals surface area contributed by atoms with E-state index in [0.717, 1.165) is 74.8 Å². The molecule has 20 rings (SSSR count). The Kier molecular flexibility index (Phi) is 21.7. The lowest BCUT2D eigenvalue weighted by Crippen LogP contribution is -2.25. The van der Waals surface area contributed by atoms with Crippen molar-refractivity contribution in [3.63, 3.8) is 0 Å². The molecule has 0 aliphatic heterocycles. The van der Waals surface area contributed by atoms with E-state index < -0.39 is 0 Å². The van der Waals surface area contributed by atoms with Gasteiger partial charge in [0, 0.05) is 72.5 Å². The summed E-state index contributed by atoms with van der Waals surface area (Å²) in [5.41, 5.74) is 37.9. The van der Waals surface area contributed by atoms with Gasteiger partial charge in [0.2, 0.25) is 0 Å². The molecule has 0 amide bonds. The van der Waals surface area contributed by atoms with E-state index in [0.29, 0.717) is 0 Å². The van der Waals surface area contributed by atoms with Crippen LogP contribution >= 0.6 is 0 Å². The van der Waals surface area contributed by atoms with Crippen molar-refractivity contribution in [2.75, 3.05) is 14.7 Å². The first-order valence-corrected chi connectivity index (χ1v) is 45.2. The molecule has 0 fully saturated rings. The van der Waals surface area contributed by atoms with E-state index in [1.807, 2.05) is 0 Å². The first kappa shape index (κ1) is 76.9. The molecule has 0 saturated heterocycles. The zero-order valence-electron chi connectivity index (χ0n) is 70.5. The molecule has 0 bridgehead atoms. The molecule has 0 saturated carbocycles. The number of aromatic nitrogens is 1. The lowest BCUT2D eigenvalue weighted by molar-refractivity contribution is 0.399. The zero-order valence-corrected chi connectivity index (χ0v) is 70.5. The predicted molar refractivity (Wildman–Crippen MR) is 516 cm³/mol. The highest BCUT2D eigenvalue weighted by molar-refractivity contribution is 6.11. The van der Waals surface area contributed by atoms with E-state index >= 15 is 0 Å². The molecule has 0 radical (unpaired) electrons. The number of benzene rings is 16. The minimum atomic E-state index is -0.110. The predicted octanol–water partition coefficient (Wildman–Crippen LogP) is 32.4. The Bertz CT molecular complexity index is 6360. The van der Waals surface area contributed by atoms with Gasteiger partial charge in [0.05, 0.1) is 22.4 Å². The van der Waals surface area contributed by atoms with Crippen LogP contribution in [0.2, 0.25) is 0 Å². The number of hydrogen-bond acceptors (Lipinski definition) is 3. The van der Waals surface area contributed by atoms with Crippen LogP contribution in [0.3, 0.4) is 0 Å². The third-order valence-corrected chi connectivity index (χ3v) is 27.2. The van der Waals surface area contributed by atoms with Crippen molar-refractivity contribution in [3.8, 4) is 39.1 Å². The lowest BCUT2D eigenvalue weighted by Gasteiger charge is -2.33. The van der Waals surface area contributed by atoms with Crippen molar-refractivity contribution in [3.05, 3.63) is 407 Å². The smallest absolute Gasteiger partial charge is 0.0547 e. The van der Waals surface area contributed by atoms with E-state index in [-0.39, 0.29) is 5.41 Å². The number of nitrogens with zero attached hydrogens (tertiary/aromatic N) is 4. The van der Waals surface area contributed by atoms with Crippen molar-refractivity contribution < 1.29 is 0 Å². The molecule has 1 heterocycles. The molecule has 16 aromatic carbocycles. The Morgan fingerprint density at radius 3 is 1.16 bits per heavy atom. The summed E-state index contributed by atoms with van der Waals surface area (Å²) in [6, 6.07) is 132. The minimum Gasteiger partial charge on any atom is -0.311 e. The number of fused-ring (bicyclic) bond motifs is 12. The Morgan fingerprint density at radius 1 is 0.273 bits per heavy atom. The van der Waals surface area contributed by atoms with Gasteiger partial charge in [-0.1, -0.05) is 294 Å². The van der Waals surface area contributed by atoms with E-state index in [1.54, 1.807) is 0 Å².